The van der Waals surface area contributed by atoms with Crippen LogP contribution in [-0.4, -0.2) is 16.1 Å². The molecule has 0 aliphatic heterocycles. The van der Waals surface area contributed by atoms with Crippen LogP contribution in [-0.2, 0) is 11.3 Å². The molecule has 0 bridgehead atoms. The summed E-state index contributed by atoms with van der Waals surface area (Å²) in [6.45, 7) is 2.43. The first-order chi connectivity index (χ1) is 5.22. The van der Waals surface area contributed by atoms with Crippen molar-refractivity contribution in [2.75, 3.05) is 0 Å². The molecule has 1 aromatic rings. The summed E-state index contributed by atoms with van der Waals surface area (Å²) >= 11 is 5.62. The van der Waals surface area contributed by atoms with E-state index >= 15 is 0 Å². The van der Waals surface area contributed by atoms with Crippen molar-refractivity contribution in [1.82, 2.24) is 9.78 Å². The third-order valence-electron chi connectivity index (χ3n) is 1.31. The summed E-state index contributed by atoms with van der Waals surface area (Å²) in [5.41, 5.74) is 0. The Morgan fingerprint density at radius 2 is 2.64 bits per heavy atom. The molecule has 0 amide bonds. The Kier molecular flexibility index (Phi) is 2.65. The number of halogens is 1. The number of nitrogens with zero attached hydrogens (tertiary/aromatic N) is 2. The first-order valence-electron chi connectivity index (χ1n) is 3.35. The van der Waals surface area contributed by atoms with Crippen molar-refractivity contribution in [1.29, 1.82) is 0 Å². The van der Waals surface area contributed by atoms with Crippen LogP contribution in [0.3, 0.4) is 0 Å². The molecular formula is C7H9ClN2O. The quantitative estimate of drug-likeness (QED) is 0.646. The van der Waals surface area contributed by atoms with Crippen molar-refractivity contribution >= 4 is 17.9 Å². The van der Waals surface area contributed by atoms with E-state index in [2.05, 4.69) is 5.10 Å². The molecule has 0 radical (unpaired) electrons. The van der Waals surface area contributed by atoms with Crippen LogP contribution in [0.15, 0.2) is 12.4 Å². The zero-order valence-electron chi connectivity index (χ0n) is 6.20. The van der Waals surface area contributed by atoms with E-state index in [4.69, 9.17) is 11.6 Å². The minimum atomic E-state index is -0.00836. The lowest BCUT2D eigenvalue weighted by Gasteiger charge is -2.01. The summed E-state index contributed by atoms with van der Waals surface area (Å²) in [6, 6.07) is 0. The summed E-state index contributed by atoms with van der Waals surface area (Å²) in [5, 5.41) is 4.53. The number of hydrogen-bond acceptors (Lipinski definition) is 2. The van der Waals surface area contributed by atoms with Gasteiger partial charge in [-0.25, -0.2) is 0 Å². The largest absolute Gasteiger partial charge is 0.303 e. The van der Waals surface area contributed by atoms with Gasteiger partial charge in [0.2, 0.25) is 0 Å². The molecule has 4 heteroatoms. The average molecular weight is 173 g/mol. The maximum Gasteiger partial charge on any atom is 0.124 e. The first kappa shape index (κ1) is 8.27. The fourth-order valence-corrected chi connectivity index (χ4v) is 0.933. The van der Waals surface area contributed by atoms with E-state index in [-0.39, 0.29) is 5.92 Å². The van der Waals surface area contributed by atoms with Crippen LogP contribution in [0.1, 0.15) is 6.92 Å². The Balaban J connectivity index is 2.57. The molecule has 0 saturated carbocycles. The zero-order chi connectivity index (χ0) is 8.27. The second-order valence-electron chi connectivity index (χ2n) is 2.49. The zero-order valence-corrected chi connectivity index (χ0v) is 6.95. The predicted octanol–water partition coefficient (Wildman–Crippen LogP) is 1.37. The molecule has 1 rings (SSSR count). The number of aldehydes is 1. The lowest BCUT2D eigenvalue weighted by molar-refractivity contribution is -0.111. The monoisotopic (exact) mass is 172 g/mol. The Morgan fingerprint density at radius 1 is 1.91 bits per heavy atom. The smallest absolute Gasteiger partial charge is 0.124 e. The lowest BCUT2D eigenvalue weighted by Crippen LogP contribution is -2.08. The van der Waals surface area contributed by atoms with Gasteiger partial charge >= 0.3 is 0 Å². The maximum atomic E-state index is 10.2. The highest BCUT2D eigenvalue weighted by Gasteiger charge is 2.01. The van der Waals surface area contributed by atoms with Crippen LogP contribution in [0.25, 0.3) is 0 Å². The summed E-state index contributed by atoms with van der Waals surface area (Å²) in [6.07, 6.45) is 4.15. The van der Waals surface area contributed by atoms with Crippen LogP contribution < -0.4 is 0 Å². The van der Waals surface area contributed by atoms with Gasteiger partial charge in [0.1, 0.15) is 6.29 Å². The number of carbonyl (C=O) groups is 1. The SMILES string of the molecule is CC(C=O)Cn1cc(Cl)cn1. The topological polar surface area (TPSA) is 34.9 Å². The van der Waals surface area contributed by atoms with E-state index < -0.39 is 0 Å². The number of carbonyl (C=O) groups excluding carboxylic acids is 1. The van der Waals surface area contributed by atoms with E-state index in [0.717, 1.165) is 6.29 Å². The summed E-state index contributed by atoms with van der Waals surface area (Å²) in [4.78, 5) is 10.2. The van der Waals surface area contributed by atoms with Crippen molar-refractivity contribution in [3.8, 4) is 0 Å². The highest BCUT2D eigenvalue weighted by molar-refractivity contribution is 6.30. The predicted molar refractivity (Wildman–Crippen MR) is 42.5 cm³/mol. The Morgan fingerprint density at radius 3 is 3.09 bits per heavy atom. The van der Waals surface area contributed by atoms with Crippen LogP contribution >= 0.6 is 11.6 Å². The Bertz CT molecular complexity index is 246. The first-order valence-corrected chi connectivity index (χ1v) is 3.73. The molecule has 1 atom stereocenters. The van der Waals surface area contributed by atoms with Gasteiger partial charge in [-0.15, -0.1) is 0 Å². The molecule has 0 N–H and O–H groups in total. The second kappa shape index (κ2) is 3.53. The Hall–Kier alpha value is -0.830. The lowest BCUT2D eigenvalue weighted by atomic mass is 10.2. The molecule has 1 unspecified atom stereocenters. The molecule has 0 aliphatic carbocycles. The molecule has 1 heterocycles. The van der Waals surface area contributed by atoms with E-state index in [1.807, 2.05) is 6.92 Å². The third-order valence-corrected chi connectivity index (χ3v) is 1.50. The number of rotatable bonds is 3. The fraction of sp³-hybridized carbons (Fsp3) is 0.429. The van der Waals surface area contributed by atoms with Crippen molar-refractivity contribution in [2.24, 2.45) is 5.92 Å². The van der Waals surface area contributed by atoms with E-state index in [9.17, 15) is 4.79 Å². The van der Waals surface area contributed by atoms with Gasteiger partial charge in [0.25, 0.3) is 0 Å². The van der Waals surface area contributed by atoms with Crippen molar-refractivity contribution in [3.63, 3.8) is 0 Å². The highest BCUT2D eigenvalue weighted by atomic mass is 35.5. The summed E-state index contributed by atoms with van der Waals surface area (Å²) in [5.74, 6) is -0.00836. The number of aromatic nitrogens is 2. The van der Waals surface area contributed by atoms with Gasteiger partial charge in [0, 0.05) is 12.1 Å². The van der Waals surface area contributed by atoms with Crippen LogP contribution in [0.2, 0.25) is 5.02 Å². The molecule has 1 aromatic heterocycles. The van der Waals surface area contributed by atoms with Gasteiger partial charge in [-0.2, -0.15) is 5.10 Å². The molecule has 60 valence electrons. The molecule has 0 saturated heterocycles. The van der Waals surface area contributed by atoms with Gasteiger partial charge < -0.3 is 4.79 Å². The molecule has 11 heavy (non-hydrogen) atoms. The second-order valence-corrected chi connectivity index (χ2v) is 2.93. The van der Waals surface area contributed by atoms with Crippen LogP contribution in [0, 0.1) is 5.92 Å². The van der Waals surface area contributed by atoms with Crippen LogP contribution in [0.5, 0.6) is 0 Å². The average Bonchev–Trinajstić information content (AvgIpc) is 2.35. The Labute approximate surface area is 70.0 Å². The maximum absolute atomic E-state index is 10.2. The minimum Gasteiger partial charge on any atom is -0.303 e. The third kappa shape index (κ3) is 2.35. The van der Waals surface area contributed by atoms with Crippen molar-refractivity contribution < 1.29 is 4.79 Å². The molecule has 0 fully saturated rings. The van der Waals surface area contributed by atoms with E-state index in [1.165, 1.54) is 0 Å². The van der Waals surface area contributed by atoms with E-state index in [0.29, 0.717) is 11.6 Å². The van der Waals surface area contributed by atoms with Crippen molar-refractivity contribution in [2.45, 2.75) is 13.5 Å². The minimum absolute atomic E-state index is 0.00836. The number of hydrogen-bond donors (Lipinski definition) is 0. The van der Waals surface area contributed by atoms with Gasteiger partial charge in [-0.05, 0) is 0 Å². The standard InChI is InChI=1S/C7H9ClN2O/c1-6(5-11)3-10-4-7(8)2-9-10/h2,4-6H,3H2,1H3. The summed E-state index contributed by atoms with van der Waals surface area (Å²) < 4.78 is 1.65. The van der Waals surface area contributed by atoms with Gasteiger partial charge in [-0.1, -0.05) is 18.5 Å². The molecule has 0 aliphatic rings. The van der Waals surface area contributed by atoms with Gasteiger partial charge in [-0.3, -0.25) is 4.68 Å². The van der Waals surface area contributed by atoms with Crippen LogP contribution in [0.4, 0.5) is 0 Å². The van der Waals surface area contributed by atoms with Crippen molar-refractivity contribution in [3.05, 3.63) is 17.4 Å². The van der Waals surface area contributed by atoms with Gasteiger partial charge in [0.05, 0.1) is 17.8 Å². The molecule has 0 aromatic carbocycles. The highest BCUT2D eigenvalue weighted by Crippen LogP contribution is 2.05. The molecular weight excluding hydrogens is 164 g/mol. The fourth-order valence-electron chi connectivity index (χ4n) is 0.776. The van der Waals surface area contributed by atoms with E-state index in [1.54, 1.807) is 17.1 Å². The molecule has 0 spiro atoms. The van der Waals surface area contributed by atoms with Gasteiger partial charge in [0.15, 0.2) is 0 Å². The normalized spacial score (nSPS) is 12.9. The summed E-state index contributed by atoms with van der Waals surface area (Å²) in [7, 11) is 0. The molecule has 3 nitrogen and oxygen atoms in total.